The molecule has 1 aromatic rings. The van der Waals surface area contributed by atoms with Crippen LogP contribution >= 0.6 is 24.0 Å². The number of amides is 1. The molecule has 1 amide bonds. The number of nitriles is 1. The summed E-state index contributed by atoms with van der Waals surface area (Å²) in [6.07, 6.45) is 4.00. The highest BCUT2D eigenvalue weighted by Gasteiger charge is 2.42. The molecule has 210 valence electrons. The molecule has 2 unspecified atom stereocenters. The number of rotatable bonds is 7. The van der Waals surface area contributed by atoms with Crippen LogP contribution in [-0.2, 0) is 30.7 Å². The molecule has 4 rings (SSSR count). The molecule has 3 aliphatic heterocycles. The normalized spacial score (nSPS) is 23.9. The van der Waals surface area contributed by atoms with Crippen molar-refractivity contribution < 1.29 is 22.7 Å². The van der Waals surface area contributed by atoms with Crippen LogP contribution in [0, 0.1) is 24.2 Å². The van der Waals surface area contributed by atoms with Crippen molar-refractivity contribution in [2.24, 2.45) is 5.92 Å². The predicted octanol–water partition coefficient (Wildman–Crippen LogP) is 2.61. The lowest BCUT2D eigenvalue weighted by molar-refractivity contribution is -0.148. The number of pyridine rings is 1. The maximum atomic E-state index is 13.5. The molecule has 39 heavy (non-hydrogen) atoms. The van der Waals surface area contributed by atoms with Gasteiger partial charge in [0, 0.05) is 25.2 Å². The van der Waals surface area contributed by atoms with Gasteiger partial charge in [0.25, 0.3) is 11.5 Å². The molecule has 0 aliphatic carbocycles. The van der Waals surface area contributed by atoms with Crippen molar-refractivity contribution in [2.45, 2.75) is 59.0 Å². The Morgan fingerprint density at radius 3 is 2.64 bits per heavy atom. The Morgan fingerprint density at radius 2 is 2.03 bits per heavy atom. The zero-order valence-electron chi connectivity index (χ0n) is 22.3. The minimum absolute atomic E-state index is 0.00485. The first-order valence-electron chi connectivity index (χ1n) is 13.1. The lowest BCUT2D eigenvalue weighted by atomic mass is 9.96. The lowest BCUT2D eigenvalue weighted by Crippen LogP contribution is -2.43. The smallest absolute Gasteiger partial charge is 0.310 e. The van der Waals surface area contributed by atoms with E-state index < -0.39 is 21.4 Å². The van der Waals surface area contributed by atoms with Crippen LogP contribution in [0.25, 0.3) is 6.08 Å². The van der Waals surface area contributed by atoms with E-state index in [2.05, 4.69) is 0 Å². The molecule has 3 saturated heterocycles. The van der Waals surface area contributed by atoms with Crippen molar-refractivity contribution in [3.63, 3.8) is 0 Å². The second-order valence-electron chi connectivity index (χ2n) is 9.95. The first-order valence-corrected chi connectivity index (χ1v) is 16.1. The summed E-state index contributed by atoms with van der Waals surface area (Å²) in [5, 5.41) is 9.86. The van der Waals surface area contributed by atoms with Crippen LogP contribution in [0.4, 0.5) is 5.82 Å². The first kappa shape index (κ1) is 29.3. The van der Waals surface area contributed by atoms with E-state index in [-0.39, 0.29) is 45.8 Å². The van der Waals surface area contributed by atoms with Gasteiger partial charge in [-0.15, -0.1) is 0 Å². The van der Waals surface area contributed by atoms with Crippen LogP contribution in [0.1, 0.15) is 56.2 Å². The number of sulfone groups is 1. The van der Waals surface area contributed by atoms with Gasteiger partial charge >= 0.3 is 5.97 Å². The van der Waals surface area contributed by atoms with E-state index in [1.54, 1.807) is 24.5 Å². The number of nitrogens with zero attached hydrogens (tertiary/aromatic N) is 4. The summed E-state index contributed by atoms with van der Waals surface area (Å²) in [5.41, 5.74) is 0.571. The van der Waals surface area contributed by atoms with E-state index in [9.17, 15) is 28.1 Å². The van der Waals surface area contributed by atoms with Gasteiger partial charge in [-0.3, -0.25) is 23.9 Å². The zero-order valence-corrected chi connectivity index (χ0v) is 24.7. The molecule has 0 bridgehead atoms. The fourth-order valence-corrected chi connectivity index (χ4v) is 8.52. The number of thiocarbonyl (C=S) groups is 1. The topological polar surface area (TPSA) is 130 Å². The number of ether oxygens (including phenoxy) is 1. The number of aromatic nitrogens is 1. The minimum Gasteiger partial charge on any atom is -0.466 e. The maximum absolute atomic E-state index is 13.5. The largest absolute Gasteiger partial charge is 0.466 e. The predicted molar refractivity (Wildman–Crippen MR) is 154 cm³/mol. The number of piperidine rings is 1. The Kier molecular flexibility index (Phi) is 8.88. The molecule has 0 spiro atoms. The third-order valence-electron chi connectivity index (χ3n) is 7.31. The van der Waals surface area contributed by atoms with Crippen molar-refractivity contribution in [1.82, 2.24) is 9.47 Å². The van der Waals surface area contributed by atoms with E-state index >= 15 is 0 Å². The van der Waals surface area contributed by atoms with Crippen molar-refractivity contribution >= 4 is 61.9 Å². The minimum atomic E-state index is -3.23. The highest BCUT2D eigenvalue weighted by molar-refractivity contribution is 8.26. The van der Waals surface area contributed by atoms with E-state index in [4.69, 9.17) is 17.0 Å². The molecule has 1 aromatic heterocycles. The van der Waals surface area contributed by atoms with E-state index in [0.717, 1.165) is 11.8 Å². The van der Waals surface area contributed by atoms with Gasteiger partial charge in [-0.25, -0.2) is 8.42 Å². The molecule has 13 heteroatoms. The van der Waals surface area contributed by atoms with Gasteiger partial charge in [-0.05, 0) is 51.2 Å². The van der Waals surface area contributed by atoms with Crippen molar-refractivity contribution in [3.05, 3.63) is 31.9 Å². The number of hydrogen-bond acceptors (Lipinski definition) is 10. The Balaban J connectivity index is 1.83. The summed E-state index contributed by atoms with van der Waals surface area (Å²) in [5.74, 6) is -0.587. The Bertz CT molecular complexity index is 1440. The van der Waals surface area contributed by atoms with Crippen LogP contribution in [0.2, 0.25) is 0 Å². The van der Waals surface area contributed by atoms with Crippen LogP contribution < -0.4 is 10.5 Å². The average Bonchev–Trinajstić information content (AvgIpc) is 3.39. The second-order valence-corrected chi connectivity index (χ2v) is 13.9. The van der Waals surface area contributed by atoms with E-state index in [1.165, 1.54) is 4.90 Å². The van der Waals surface area contributed by atoms with Gasteiger partial charge in [0.15, 0.2) is 9.84 Å². The highest BCUT2D eigenvalue weighted by atomic mass is 32.2. The van der Waals surface area contributed by atoms with Gasteiger partial charge in [-0.1, -0.05) is 30.9 Å². The van der Waals surface area contributed by atoms with E-state index in [1.807, 2.05) is 17.9 Å². The molecule has 0 aromatic carbocycles. The number of thioether (sulfide) groups is 1. The molecule has 10 nitrogen and oxygen atoms in total. The monoisotopic (exact) mass is 592 g/mol. The first-order chi connectivity index (χ1) is 18.5. The molecule has 2 atom stereocenters. The quantitative estimate of drug-likeness (QED) is 0.265. The summed E-state index contributed by atoms with van der Waals surface area (Å²) >= 11 is 6.57. The van der Waals surface area contributed by atoms with Gasteiger partial charge in [0.2, 0.25) is 0 Å². The second kappa shape index (κ2) is 11.8. The SMILES string of the molecule is CCCn1c(N2CCCC(C(=O)OCC)C2)c(/C=C2/SC(=S)N(C3CCS(=O)(=O)C3)C2=O)c(C)c(C#N)c1=O. The summed E-state index contributed by atoms with van der Waals surface area (Å²) in [7, 11) is -3.23. The summed E-state index contributed by atoms with van der Waals surface area (Å²) in [6.45, 7) is 6.94. The molecule has 0 N–H and O–H groups in total. The van der Waals surface area contributed by atoms with Crippen LogP contribution in [0.15, 0.2) is 9.70 Å². The fraction of sp³-hybridized carbons (Fsp3) is 0.577. The van der Waals surface area contributed by atoms with Gasteiger partial charge in [0.05, 0.1) is 35.0 Å². The Morgan fingerprint density at radius 1 is 1.28 bits per heavy atom. The summed E-state index contributed by atoms with van der Waals surface area (Å²) < 4.78 is 31.2. The molecule has 3 fully saturated rings. The number of esters is 1. The standard InChI is InChI=1S/C26H32N4O6S3/c1-4-9-29-22(28-10-6-7-17(14-28)25(33)36-5-2)19(16(3)20(13-27)23(29)31)12-21-24(32)30(26(37)38-21)18-8-11-39(34,35)15-18/h12,17-18H,4-11,14-15H2,1-3H3/b21-12+. The molecule has 3 aliphatic rings. The van der Waals surface area contributed by atoms with Gasteiger partial charge in [-0.2, -0.15) is 5.26 Å². The number of carbonyl (C=O) groups is 2. The third kappa shape index (κ3) is 5.78. The van der Waals surface area contributed by atoms with Gasteiger partial charge in [0.1, 0.15) is 21.8 Å². The number of carbonyl (C=O) groups excluding carboxylic acids is 2. The van der Waals surface area contributed by atoms with Crippen molar-refractivity contribution in [3.8, 4) is 6.07 Å². The molecular weight excluding hydrogens is 561 g/mol. The zero-order chi connectivity index (χ0) is 28.5. The third-order valence-corrected chi connectivity index (χ3v) is 10.4. The van der Waals surface area contributed by atoms with Crippen molar-refractivity contribution in [2.75, 3.05) is 36.1 Å². The molecule has 0 radical (unpaired) electrons. The number of anilines is 1. The highest BCUT2D eigenvalue weighted by Crippen LogP contribution is 2.39. The van der Waals surface area contributed by atoms with Crippen LogP contribution in [0.3, 0.4) is 0 Å². The van der Waals surface area contributed by atoms with Crippen molar-refractivity contribution in [1.29, 1.82) is 5.26 Å². The number of hydrogen-bond donors (Lipinski definition) is 0. The Hall–Kier alpha value is -2.69. The van der Waals surface area contributed by atoms with E-state index in [0.29, 0.717) is 67.2 Å². The molecule has 0 saturated carbocycles. The lowest BCUT2D eigenvalue weighted by Gasteiger charge is -2.36. The maximum Gasteiger partial charge on any atom is 0.310 e. The molecule has 4 heterocycles. The summed E-state index contributed by atoms with van der Waals surface area (Å²) in [6, 6.07) is 1.53. The van der Waals surface area contributed by atoms with Crippen LogP contribution in [0.5, 0.6) is 0 Å². The fourth-order valence-electron chi connectivity index (χ4n) is 5.44. The molecular formula is C26H32N4O6S3. The Labute approximate surface area is 237 Å². The summed E-state index contributed by atoms with van der Waals surface area (Å²) in [4.78, 5) is 43.2. The van der Waals surface area contributed by atoms with Crippen LogP contribution in [-0.4, -0.2) is 71.3 Å². The average molecular weight is 593 g/mol. The van der Waals surface area contributed by atoms with Gasteiger partial charge < -0.3 is 9.64 Å².